The van der Waals surface area contributed by atoms with Gasteiger partial charge in [-0.2, -0.15) is 5.10 Å². The number of likely N-dealkylation sites (N-methyl/N-ethyl adjacent to an activating group) is 1. The van der Waals surface area contributed by atoms with E-state index in [0.717, 1.165) is 11.4 Å². The maximum absolute atomic E-state index is 12.4. The number of aromatic nitrogens is 2. The fraction of sp³-hybridized carbons (Fsp3) is 0.333. The Kier molecular flexibility index (Phi) is 4.98. The summed E-state index contributed by atoms with van der Waals surface area (Å²) >= 11 is 6.17. The lowest BCUT2D eigenvalue weighted by atomic mass is 10.2. The van der Waals surface area contributed by atoms with Gasteiger partial charge in [-0.15, -0.1) is 0 Å². The van der Waals surface area contributed by atoms with E-state index in [9.17, 15) is 4.79 Å². The second kappa shape index (κ2) is 6.74. The largest absolute Gasteiger partial charge is 0.395 e. The number of hydrogen-bond acceptors (Lipinski definition) is 3. The predicted molar refractivity (Wildman–Crippen MR) is 82.0 cm³/mol. The zero-order valence-electron chi connectivity index (χ0n) is 12.1. The van der Waals surface area contributed by atoms with E-state index in [2.05, 4.69) is 5.10 Å². The zero-order chi connectivity index (χ0) is 15.4. The summed E-state index contributed by atoms with van der Waals surface area (Å²) in [5, 5.41) is 13.9. The molecule has 0 radical (unpaired) electrons. The van der Waals surface area contributed by atoms with E-state index in [1.165, 1.54) is 0 Å². The highest BCUT2D eigenvalue weighted by Gasteiger charge is 2.20. The highest BCUT2D eigenvalue weighted by atomic mass is 35.5. The molecule has 21 heavy (non-hydrogen) atoms. The second-order valence-electron chi connectivity index (χ2n) is 4.62. The monoisotopic (exact) mass is 307 g/mol. The predicted octanol–water partition coefficient (Wildman–Crippen LogP) is 2.29. The van der Waals surface area contributed by atoms with Crippen LogP contribution in [0.4, 0.5) is 0 Å². The zero-order valence-corrected chi connectivity index (χ0v) is 12.8. The van der Waals surface area contributed by atoms with Gasteiger partial charge in [-0.05, 0) is 26.0 Å². The van der Waals surface area contributed by atoms with Crippen molar-refractivity contribution in [2.75, 3.05) is 19.7 Å². The minimum absolute atomic E-state index is 0.0583. The van der Waals surface area contributed by atoms with E-state index >= 15 is 0 Å². The SMILES string of the molecule is CCN(CCO)C(=O)c1cnn(-c2ccccc2Cl)c1C. The third kappa shape index (κ3) is 3.09. The van der Waals surface area contributed by atoms with Crippen molar-refractivity contribution in [1.82, 2.24) is 14.7 Å². The maximum Gasteiger partial charge on any atom is 0.257 e. The molecule has 112 valence electrons. The summed E-state index contributed by atoms with van der Waals surface area (Å²) in [6.07, 6.45) is 1.54. The summed E-state index contributed by atoms with van der Waals surface area (Å²) in [5.74, 6) is -0.137. The van der Waals surface area contributed by atoms with Gasteiger partial charge in [0.15, 0.2) is 0 Å². The number of aliphatic hydroxyl groups is 1. The number of aliphatic hydroxyl groups excluding tert-OH is 1. The Hall–Kier alpha value is -1.85. The van der Waals surface area contributed by atoms with Crippen LogP contribution in [0.2, 0.25) is 5.02 Å². The fourth-order valence-electron chi connectivity index (χ4n) is 2.18. The number of carbonyl (C=O) groups is 1. The molecule has 1 N–H and O–H groups in total. The minimum Gasteiger partial charge on any atom is -0.395 e. The van der Waals surface area contributed by atoms with E-state index in [1.54, 1.807) is 21.8 Å². The first-order valence-electron chi connectivity index (χ1n) is 6.79. The molecule has 0 unspecified atom stereocenters. The van der Waals surface area contributed by atoms with Crippen LogP contribution in [-0.2, 0) is 0 Å². The van der Waals surface area contributed by atoms with Crippen LogP contribution in [0, 0.1) is 6.92 Å². The molecule has 6 heteroatoms. The van der Waals surface area contributed by atoms with Crippen LogP contribution < -0.4 is 0 Å². The molecule has 0 fully saturated rings. The molecule has 0 aliphatic rings. The molecule has 5 nitrogen and oxygen atoms in total. The van der Waals surface area contributed by atoms with Gasteiger partial charge in [-0.3, -0.25) is 4.79 Å². The van der Waals surface area contributed by atoms with Crippen molar-refractivity contribution in [3.63, 3.8) is 0 Å². The van der Waals surface area contributed by atoms with E-state index < -0.39 is 0 Å². The topological polar surface area (TPSA) is 58.4 Å². The van der Waals surface area contributed by atoms with Crippen molar-refractivity contribution < 1.29 is 9.90 Å². The summed E-state index contributed by atoms with van der Waals surface area (Å²) in [5.41, 5.74) is 1.98. The van der Waals surface area contributed by atoms with Gasteiger partial charge in [0, 0.05) is 13.1 Å². The smallest absolute Gasteiger partial charge is 0.257 e. The number of benzene rings is 1. The molecule has 1 aromatic heterocycles. The van der Waals surface area contributed by atoms with Gasteiger partial charge in [0.25, 0.3) is 5.91 Å². The number of carbonyl (C=O) groups excluding carboxylic acids is 1. The average Bonchev–Trinajstić information content (AvgIpc) is 2.86. The van der Waals surface area contributed by atoms with Gasteiger partial charge >= 0.3 is 0 Å². The molecule has 0 saturated carbocycles. The van der Waals surface area contributed by atoms with E-state index in [1.807, 2.05) is 32.0 Å². The summed E-state index contributed by atoms with van der Waals surface area (Å²) in [6, 6.07) is 7.34. The van der Waals surface area contributed by atoms with Crippen LogP contribution in [0.5, 0.6) is 0 Å². The molecule has 0 aliphatic carbocycles. The van der Waals surface area contributed by atoms with Crippen molar-refractivity contribution in [3.05, 3.63) is 46.7 Å². The van der Waals surface area contributed by atoms with E-state index in [0.29, 0.717) is 23.7 Å². The molecule has 2 aromatic rings. The lowest BCUT2D eigenvalue weighted by molar-refractivity contribution is 0.0731. The molecule has 1 heterocycles. The van der Waals surface area contributed by atoms with Crippen LogP contribution in [-0.4, -0.2) is 45.4 Å². The lowest BCUT2D eigenvalue weighted by Gasteiger charge is -2.19. The number of nitrogens with zero attached hydrogens (tertiary/aromatic N) is 3. The summed E-state index contributed by atoms with van der Waals surface area (Å²) in [6.45, 7) is 4.50. The first kappa shape index (κ1) is 15.5. The lowest BCUT2D eigenvalue weighted by Crippen LogP contribution is -2.33. The Labute approximate surface area is 128 Å². The Morgan fingerprint density at radius 3 is 2.76 bits per heavy atom. The highest BCUT2D eigenvalue weighted by Crippen LogP contribution is 2.22. The molecule has 0 saturated heterocycles. The van der Waals surface area contributed by atoms with Gasteiger partial charge in [-0.1, -0.05) is 23.7 Å². The van der Waals surface area contributed by atoms with Crippen LogP contribution in [0.15, 0.2) is 30.5 Å². The van der Waals surface area contributed by atoms with Crippen molar-refractivity contribution in [2.24, 2.45) is 0 Å². The van der Waals surface area contributed by atoms with Crippen LogP contribution in [0.25, 0.3) is 5.69 Å². The number of rotatable bonds is 5. The normalized spacial score (nSPS) is 10.7. The highest BCUT2D eigenvalue weighted by molar-refractivity contribution is 6.32. The number of hydrogen-bond donors (Lipinski definition) is 1. The van der Waals surface area contributed by atoms with Crippen LogP contribution in [0.1, 0.15) is 23.0 Å². The molecule has 2 rings (SSSR count). The van der Waals surface area contributed by atoms with E-state index in [4.69, 9.17) is 16.7 Å². The molecule has 1 amide bonds. The number of para-hydroxylation sites is 1. The molecular weight excluding hydrogens is 290 g/mol. The third-order valence-electron chi connectivity index (χ3n) is 3.36. The molecule has 0 bridgehead atoms. The fourth-order valence-corrected chi connectivity index (χ4v) is 2.40. The number of amides is 1. The average molecular weight is 308 g/mol. The Morgan fingerprint density at radius 1 is 1.43 bits per heavy atom. The minimum atomic E-state index is -0.137. The maximum atomic E-state index is 12.4. The Bertz CT molecular complexity index is 640. The quantitative estimate of drug-likeness (QED) is 0.922. The first-order chi connectivity index (χ1) is 10.1. The van der Waals surface area contributed by atoms with Gasteiger partial charge in [-0.25, -0.2) is 4.68 Å². The Morgan fingerprint density at radius 2 is 2.14 bits per heavy atom. The summed E-state index contributed by atoms with van der Waals surface area (Å²) in [4.78, 5) is 14.0. The summed E-state index contributed by atoms with van der Waals surface area (Å²) in [7, 11) is 0. The molecule has 0 aliphatic heterocycles. The van der Waals surface area contributed by atoms with Crippen LogP contribution in [0.3, 0.4) is 0 Å². The Balaban J connectivity index is 2.37. The first-order valence-corrected chi connectivity index (χ1v) is 7.17. The second-order valence-corrected chi connectivity index (χ2v) is 5.02. The van der Waals surface area contributed by atoms with Gasteiger partial charge in [0.1, 0.15) is 0 Å². The third-order valence-corrected chi connectivity index (χ3v) is 3.68. The van der Waals surface area contributed by atoms with Gasteiger partial charge < -0.3 is 10.0 Å². The number of halogens is 1. The van der Waals surface area contributed by atoms with Crippen molar-refractivity contribution >= 4 is 17.5 Å². The van der Waals surface area contributed by atoms with Crippen molar-refractivity contribution in [3.8, 4) is 5.69 Å². The molecule has 0 atom stereocenters. The van der Waals surface area contributed by atoms with Crippen LogP contribution >= 0.6 is 11.6 Å². The van der Waals surface area contributed by atoms with Crippen molar-refractivity contribution in [2.45, 2.75) is 13.8 Å². The van der Waals surface area contributed by atoms with Crippen molar-refractivity contribution in [1.29, 1.82) is 0 Å². The van der Waals surface area contributed by atoms with Gasteiger partial charge in [0.05, 0.1) is 34.8 Å². The van der Waals surface area contributed by atoms with E-state index in [-0.39, 0.29) is 12.5 Å². The molecular formula is C15H18ClN3O2. The molecule has 0 spiro atoms. The van der Waals surface area contributed by atoms with Gasteiger partial charge in [0.2, 0.25) is 0 Å². The summed E-state index contributed by atoms with van der Waals surface area (Å²) < 4.78 is 1.66. The standard InChI is InChI=1S/C15H18ClN3O2/c1-3-18(8-9-20)15(21)12-10-17-19(11(12)2)14-7-5-4-6-13(14)16/h4-7,10,20H,3,8-9H2,1-2H3. The molecule has 1 aromatic carbocycles.